The molecule has 0 saturated carbocycles. The van der Waals surface area contributed by atoms with Crippen LogP contribution in [0.25, 0.3) is 11.3 Å². The van der Waals surface area contributed by atoms with E-state index in [2.05, 4.69) is 15.3 Å². The number of nitriles is 1. The number of hydrogen-bond donors (Lipinski definition) is 1. The second-order valence-electron chi connectivity index (χ2n) is 6.81. The maximum absolute atomic E-state index is 15.7. The molecule has 172 valence electrons. The number of nitrogens with one attached hydrogen (secondary N) is 1. The molecule has 0 aliphatic carbocycles. The van der Waals surface area contributed by atoms with Gasteiger partial charge in [-0.25, -0.2) is 31.4 Å². The summed E-state index contributed by atoms with van der Waals surface area (Å²) in [7, 11) is -2.88. The Hall–Kier alpha value is -4.41. The largest absolute Gasteiger partial charge is 0.422 e. The number of carbonyl (C=O) groups is 2. The summed E-state index contributed by atoms with van der Waals surface area (Å²) in [6.07, 6.45) is 5.22. The molecular weight excluding hydrogens is 469 g/mol. The van der Waals surface area contributed by atoms with Crippen molar-refractivity contribution < 1.29 is 31.9 Å². The average molecular weight is 483 g/mol. The molecule has 0 radical (unpaired) electrons. The Kier molecular flexibility index (Phi) is 5.93. The van der Waals surface area contributed by atoms with Crippen LogP contribution in [0.15, 0.2) is 59.5 Å². The third kappa shape index (κ3) is 3.91. The Bertz CT molecular complexity index is 1490. The van der Waals surface area contributed by atoms with Crippen LogP contribution in [0.3, 0.4) is 0 Å². The fourth-order valence-electron chi connectivity index (χ4n) is 3.19. The van der Waals surface area contributed by atoms with E-state index in [9.17, 15) is 18.0 Å². The fourth-order valence-corrected chi connectivity index (χ4v) is 4.54. The molecule has 0 saturated heterocycles. The summed E-state index contributed by atoms with van der Waals surface area (Å²) in [6.45, 7) is -0.0565. The van der Waals surface area contributed by atoms with Gasteiger partial charge in [0, 0.05) is 49.0 Å². The zero-order valence-electron chi connectivity index (χ0n) is 17.4. The first-order valence-corrected chi connectivity index (χ1v) is 11.0. The number of ether oxygens (including phenoxy) is 2. The zero-order valence-corrected chi connectivity index (χ0v) is 18.2. The summed E-state index contributed by atoms with van der Waals surface area (Å²) in [5, 5.41) is 11.9. The number of hydrogen-bond acceptors (Lipinski definition) is 10. The maximum atomic E-state index is 15.7. The van der Waals surface area contributed by atoms with Gasteiger partial charge in [-0.1, -0.05) is 0 Å². The topological polar surface area (TPSA) is 153 Å². The summed E-state index contributed by atoms with van der Waals surface area (Å²) in [5.74, 6) is -4.27. The Morgan fingerprint density at radius 3 is 2.71 bits per heavy atom. The molecule has 1 aliphatic heterocycles. The molecule has 4 rings (SSSR count). The average Bonchev–Trinajstić information content (AvgIpc) is 3.15. The Morgan fingerprint density at radius 1 is 1.24 bits per heavy atom. The number of rotatable bonds is 5. The van der Waals surface area contributed by atoms with Crippen molar-refractivity contribution in [3.63, 3.8) is 0 Å². The number of aromatic nitrogens is 3. The fraction of sp³-hybridized carbons (Fsp3) is 0.0952. The molecule has 0 atom stereocenters. The van der Waals surface area contributed by atoms with E-state index < -0.39 is 50.5 Å². The van der Waals surface area contributed by atoms with Gasteiger partial charge in [0.1, 0.15) is 33.5 Å². The van der Waals surface area contributed by atoms with Crippen LogP contribution in [-0.4, -0.2) is 41.3 Å². The van der Waals surface area contributed by atoms with Crippen molar-refractivity contribution in [1.29, 1.82) is 5.26 Å². The third-order valence-corrected chi connectivity index (χ3v) is 6.30. The van der Waals surface area contributed by atoms with Crippen molar-refractivity contribution in [1.82, 2.24) is 19.3 Å². The molecule has 34 heavy (non-hydrogen) atoms. The van der Waals surface area contributed by atoms with Gasteiger partial charge in [-0.15, -0.1) is 0 Å². The molecule has 1 aliphatic rings. The lowest BCUT2D eigenvalue weighted by Crippen LogP contribution is -2.15. The molecule has 3 aromatic heterocycles. The number of esters is 2. The summed E-state index contributed by atoms with van der Waals surface area (Å²) < 4.78 is 53.5. The normalized spacial score (nSPS) is 15.1. The second-order valence-corrected chi connectivity index (χ2v) is 8.62. The van der Waals surface area contributed by atoms with Crippen molar-refractivity contribution in [3.8, 4) is 29.0 Å². The molecule has 1 N–H and O–H groups in total. The van der Waals surface area contributed by atoms with Crippen LogP contribution in [0.5, 0.6) is 11.6 Å². The zero-order chi connectivity index (χ0) is 24.5. The minimum absolute atomic E-state index is 0.0471. The van der Waals surface area contributed by atoms with Gasteiger partial charge in [0.05, 0.1) is 0 Å². The van der Waals surface area contributed by atoms with Crippen LogP contribution in [0.2, 0.25) is 0 Å². The van der Waals surface area contributed by atoms with Crippen molar-refractivity contribution in [3.05, 3.63) is 66.0 Å². The molecule has 3 aromatic rings. The molecular formula is C21H14FN5O6S. The van der Waals surface area contributed by atoms with Gasteiger partial charge in [-0.2, -0.15) is 5.26 Å². The summed E-state index contributed by atoms with van der Waals surface area (Å²) >= 11 is 0. The molecule has 0 aromatic carbocycles. The minimum Gasteiger partial charge on any atom is -0.422 e. The van der Waals surface area contributed by atoms with Gasteiger partial charge in [0.25, 0.3) is 10.0 Å². The second kappa shape index (κ2) is 8.85. The van der Waals surface area contributed by atoms with Crippen LogP contribution in [0.1, 0.15) is 5.56 Å². The number of fused-ring (bicyclic) bond motifs is 2. The third-order valence-electron chi connectivity index (χ3n) is 4.66. The van der Waals surface area contributed by atoms with Gasteiger partial charge in [0.2, 0.25) is 5.88 Å². The first-order chi connectivity index (χ1) is 16.3. The first kappa shape index (κ1) is 22.8. The Labute approximate surface area is 192 Å². The molecule has 13 heteroatoms. The van der Waals surface area contributed by atoms with Crippen molar-refractivity contribution in [2.45, 2.75) is 11.4 Å². The SMILES string of the molecule is CNCc1cn(S(=O)(=O)c2cccnc2)c(-c2c3ccnc2OC(=O)/C(C#N)=C/C(=O)O3)c1F. The maximum Gasteiger partial charge on any atom is 0.355 e. The van der Waals surface area contributed by atoms with Crippen molar-refractivity contribution >= 4 is 22.0 Å². The summed E-state index contributed by atoms with van der Waals surface area (Å²) in [5.41, 5.74) is -1.73. The monoisotopic (exact) mass is 483 g/mol. The highest BCUT2D eigenvalue weighted by Gasteiger charge is 2.33. The first-order valence-electron chi connectivity index (χ1n) is 9.53. The molecule has 4 heterocycles. The highest BCUT2D eigenvalue weighted by molar-refractivity contribution is 7.90. The highest BCUT2D eigenvalue weighted by Crippen LogP contribution is 2.42. The van der Waals surface area contributed by atoms with E-state index in [4.69, 9.17) is 14.7 Å². The molecule has 0 amide bonds. The van der Waals surface area contributed by atoms with Crippen LogP contribution >= 0.6 is 0 Å². The highest BCUT2D eigenvalue weighted by atomic mass is 32.2. The van der Waals surface area contributed by atoms with Crippen LogP contribution in [0.4, 0.5) is 4.39 Å². The van der Waals surface area contributed by atoms with Gasteiger partial charge in [-0.3, -0.25) is 4.98 Å². The van der Waals surface area contributed by atoms with Gasteiger partial charge >= 0.3 is 11.9 Å². The summed E-state index contributed by atoms with van der Waals surface area (Å²) in [6, 6.07) is 5.33. The number of carbonyl (C=O) groups excluding carboxylic acids is 2. The van der Waals surface area contributed by atoms with E-state index in [1.807, 2.05) is 0 Å². The van der Waals surface area contributed by atoms with Gasteiger partial charge in [-0.05, 0) is 19.2 Å². The van der Waals surface area contributed by atoms with E-state index in [1.54, 1.807) is 0 Å². The number of nitrogens with zero attached hydrogens (tertiary/aromatic N) is 4. The van der Waals surface area contributed by atoms with E-state index >= 15 is 4.39 Å². The Balaban J connectivity index is 2.04. The Morgan fingerprint density at radius 2 is 2.03 bits per heavy atom. The van der Waals surface area contributed by atoms with E-state index in [-0.39, 0.29) is 22.8 Å². The number of pyridine rings is 2. The quantitative estimate of drug-likeness (QED) is 0.526. The summed E-state index contributed by atoms with van der Waals surface area (Å²) in [4.78, 5) is 32.1. The molecule has 2 bridgehead atoms. The lowest BCUT2D eigenvalue weighted by molar-refractivity contribution is -0.131. The lowest BCUT2D eigenvalue weighted by Gasteiger charge is -2.15. The molecule has 0 unspecified atom stereocenters. The van der Waals surface area contributed by atoms with E-state index in [0.29, 0.717) is 10.0 Å². The number of halogens is 1. The van der Waals surface area contributed by atoms with Crippen LogP contribution < -0.4 is 14.8 Å². The van der Waals surface area contributed by atoms with Crippen LogP contribution in [-0.2, 0) is 26.2 Å². The smallest absolute Gasteiger partial charge is 0.355 e. The van der Waals surface area contributed by atoms with Gasteiger partial charge < -0.3 is 14.8 Å². The van der Waals surface area contributed by atoms with Crippen LogP contribution in [0, 0.1) is 17.1 Å². The van der Waals surface area contributed by atoms with E-state index in [1.165, 1.54) is 37.5 Å². The van der Waals surface area contributed by atoms with E-state index in [0.717, 1.165) is 18.6 Å². The van der Waals surface area contributed by atoms with Crippen molar-refractivity contribution in [2.24, 2.45) is 0 Å². The molecule has 0 fully saturated rings. The molecule has 0 spiro atoms. The predicted octanol–water partition coefficient (Wildman–Crippen LogP) is 1.31. The predicted molar refractivity (Wildman–Crippen MR) is 112 cm³/mol. The van der Waals surface area contributed by atoms with Gasteiger partial charge in [0.15, 0.2) is 5.82 Å². The lowest BCUT2D eigenvalue weighted by atomic mass is 10.1. The molecule has 11 nitrogen and oxygen atoms in total. The van der Waals surface area contributed by atoms with Crippen molar-refractivity contribution in [2.75, 3.05) is 7.05 Å². The minimum atomic E-state index is -4.42. The standard InChI is InChI=1S/C21H14FN5O6S/c1-24-9-13-11-27(34(30,31)14-3-2-5-25-10-14)19(18(13)22)17-15-4-6-26-20(17)33-21(29)12(8-23)7-16(28)32-15/h2-7,10-11,24H,9H2,1H3/b12-7+.